The number of benzene rings is 3. The molecule has 28 heavy (non-hydrogen) atoms. The third kappa shape index (κ3) is 3.87. The molecule has 1 aromatic heterocycles. The van der Waals surface area contributed by atoms with Gasteiger partial charge in [0, 0.05) is 10.6 Å². The van der Waals surface area contributed by atoms with Gasteiger partial charge in [-0.3, -0.25) is 0 Å². The molecule has 142 valence electrons. The van der Waals surface area contributed by atoms with Crippen LogP contribution in [0.1, 0.15) is 5.82 Å². The molecule has 3 aromatic carbocycles. The van der Waals surface area contributed by atoms with Crippen LogP contribution >= 0.6 is 11.6 Å². The summed E-state index contributed by atoms with van der Waals surface area (Å²) in [6, 6.07) is 19.2. The summed E-state index contributed by atoms with van der Waals surface area (Å²) in [5.41, 5.74) is 2.80. The predicted octanol–water partition coefficient (Wildman–Crippen LogP) is 4.11. The fourth-order valence-corrected chi connectivity index (χ4v) is 3.82. The molecule has 0 aliphatic rings. The Morgan fingerprint density at radius 3 is 2.54 bits per heavy atom. The van der Waals surface area contributed by atoms with Gasteiger partial charge in [-0.2, -0.15) is 0 Å². The van der Waals surface area contributed by atoms with Crippen LogP contribution in [0.4, 0.5) is 0 Å². The molecule has 1 heterocycles. The number of nitrogens with zero attached hydrogens (tertiary/aromatic N) is 1. The standard InChI is InChI=1S/C20H16ClN3O3S/c21-14-6-8-15(9-7-14)27-12-20-23-17-10-5-13(11-18(17)24-20)16-3-1-2-4-19(16)28(22,25)26/h1-11H,12H2,(H,23,24)(H2,22,25,26). The average Bonchev–Trinajstić information content (AvgIpc) is 3.09. The lowest BCUT2D eigenvalue weighted by molar-refractivity contribution is 0.297. The zero-order valence-corrected chi connectivity index (χ0v) is 16.2. The minimum absolute atomic E-state index is 0.0835. The lowest BCUT2D eigenvalue weighted by atomic mass is 10.1. The van der Waals surface area contributed by atoms with E-state index < -0.39 is 10.0 Å². The number of sulfonamides is 1. The Bertz CT molecular complexity index is 1250. The highest BCUT2D eigenvalue weighted by atomic mass is 35.5. The lowest BCUT2D eigenvalue weighted by Gasteiger charge is -2.07. The van der Waals surface area contributed by atoms with Gasteiger partial charge in [-0.25, -0.2) is 18.5 Å². The molecular formula is C20H16ClN3O3S. The molecule has 0 amide bonds. The highest BCUT2D eigenvalue weighted by molar-refractivity contribution is 7.89. The van der Waals surface area contributed by atoms with E-state index in [-0.39, 0.29) is 11.5 Å². The van der Waals surface area contributed by atoms with Crippen LogP contribution in [-0.2, 0) is 16.6 Å². The van der Waals surface area contributed by atoms with Gasteiger partial charge in [0.15, 0.2) is 0 Å². The van der Waals surface area contributed by atoms with E-state index in [0.29, 0.717) is 22.2 Å². The van der Waals surface area contributed by atoms with Crippen LogP contribution in [0, 0.1) is 0 Å². The van der Waals surface area contributed by atoms with Crippen molar-refractivity contribution in [3.05, 3.63) is 77.6 Å². The molecule has 0 bridgehead atoms. The van der Waals surface area contributed by atoms with Gasteiger partial charge in [0.05, 0.1) is 15.9 Å². The quantitative estimate of drug-likeness (QED) is 0.514. The molecule has 0 unspecified atom stereocenters. The van der Waals surface area contributed by atoms with Crippen molar-refractivity contribution in [2.45, 2.75) is 11.5 Å². The predicted molar refractivity (Wildman–Crippen MR) is 109 cm³/mol. The summed E-state index contributed by atoms with van der Waals surface area (Å²) in [7, 11) is -3.83. The number of ether oxygens (including phenoxy) is 1. The number of primary sulfonamides is 1. The van der Waals surface area contributed by atoms with Crippen molar-refractivity contribution in [1.29, 1.82) is 0 Å². The van der Waals surface area contributed by atoms with Crippen LogP contribution < -0.4 is 9.88 Å². The maximum absolute atomic E-state index is 11.9. The number of imidazole rings is 1. The first-order valence-corrected chi connectivity index (χ1v) is 10.3. The molecule has 0 atom stereocenters. The second kappa shape index (κ2) is 7.27. The smallest absolute Gasteiger partial charge is 0.238 e. The highest BCUT2D eigenvalue weighted by Crippen LogP contribution is 2.29. The van der Waals surface area contributed by atoms with E-state index in [1.165, 1.54) is 6.07 Å². The van der Waals surface area contributed by atoms with E-state index in [4.69, 9.17) is 21.5 Å². The first kappa shape index (κ1) is 18.5. The first-order valence-electron chi connectivity index (χ1n) is 8.39. The molecule has 8 heteroatoms. The Hall–Kier alpha value is -2.87. The maximum atomic E-state index is 11.9. The van der Waals surface area contributed by atoms with Crippen molar-refractivity contribution in [1.82, 2.24) is 9.97 Å². The number of nitrogens with one attached hydrogen (secondary N) is 1. The molecule has 4 rings (SSSR count). The number of fused-ring (bicyclic) bond motifs is 1. The Labute approximate surface area is 167 Å². The van der Waals surface area contributed by atoms with Gasteiger partial charge in [-0.05, 0) is 48.0 Å². The Morgan fingerprint density at radius 2 is 1.79 bits per heavy atom. The third-order valence-electron chi connectivity index (χ3n) is 4.22. The van der Waals surface area contributed by atoms with Crippen LogP contribution in [0.25, 0.3) is 22.2 Å². The van der Waals surface area contributed by atoms with Gasteiger partial charge in [0.2, 0.25) is 10.0 Å². The fraction of sp³-hybridized carbons (Fsp3) is 0.0500. The van der Waals surface area contributed by atoms with Crippen molar-refractivity contribution in [3.63, 3.8) is 0 Å². The number of rotatable bonds is 5. The molecule has 0 saturated heterocycles. The average molecular weight is 414 g/mol. The Morgan fingerprint density at radius 1 is 1.04 bits per heavy atom. The topological polar surface area (TPSA) is 98.1 Å². The number of aromatic nitrogens is 2. The number of hydrogen-bond acceptors (Lipinski definition) is 4. The minimum Gasteiger partial charge on any atom is -0.486 e. The van der Waals surface area contributed by atoms with E-state index in [2.05, 4.69) is 9.97 Å². The summed E-state index contributed by atoms with van der Waals surface area (Å²) in [5, 5.41) is 5.99. The van der Waals surface area contributed by atoms with E-state index in [1.807, 2.05) is 18.2 Å². The van der Waals surface area contributed by atoms with Gasteiger partial charge >= 0.3 is 0 Å². The molecule has 0 saturated carbocycles. The van der Waals surface area contributed by atoms with Crippen molar-refractivity contribution in [2.75, 3.05) is 0 Å². The van der Waals surface area contributed by atoms with Crippen molar-refractivity contribution in [2.24, 2.45) is 5.14 Å². The van der Waals surface area contributed by atoms with Crippen molar-refractivity contribution < 1.29 is 13.2 Å². The van der Waals surface area contributed by atoms with Crippen LogP contribution in [0.15, 0.2) is 71.6 Å². The van der Waals surface area contributed by atoms with E-state index >= 15 is 0 Å². The molecule has 0 spiro atoms. The molecule has 3 N–H and O–H groups in total. The SMILES string of the molecule is NS(=O)(=O)c1ccccc1-c1ccc2nc(COc3ccc(Cl)cc3)[nH]c2c1. The molecule has 0 aliphatic carbocycles. The van der Waals surface area contributed by atoms with Gasteiger partial charge in [0.1, 0.15) is 18.2 Å². The summed E-state index contributed by atoms with van der Waals surface area (Å²) < 4.78 is 29.4. The molecule has 6 nitrogen and oxygen atoms in total. The van der Waals surface area contributed by atoms with Crippen LogP contribution in [0.2, 0.25) is 5.02 Å². The first-order chi connectivity index (χ1) is 13.4. The van der Waals surface area contributed by atoms with Gasteiger partial charge in [0.25, 0.3) is 0 Å². The van der Waals surface area contributed by atoms with Crippen LogP contribution in [0.3, 0.4) is 0 Å². The number of hydrogen-bond donors (Lipinski definition) is 2. The molecular weight excluding hydrogens is 398 g/mol. The summed E-state index contributed by atoms with van der Waals surface area (Å²) >= 11 is 5.87. The lowest BCUT2D eigenvalue weighted by Crippen LogP contribution is -2.13. The largest absolute Gasteiger partial charge is 0.486 e. The van der Waals surface area contributed by atoms with E-state index in [1.54, 1.807) is 42.5 Å². The fourth-order valence-electron chi connectivity index (χ4n) is 2.93. The monoisotopic (exact) mass is 413 g/mol. The number of halogens is 1. The number of H-pyrrole nitrogens is 1. The van der Waals surface area contributed by atoms with Crippen LogP contribution in [-0.4, -0.2) is 18.4 Å². The van der Waals surface area contributed by atoms with Crippen LogP contribution in [0.5, 0.6) is 5.75 Å². The van der Waals surface area contributed by atoms with Crippen molar-refractivity contribution in [3.8, 4) is 16.9 Å². The zero-order valence-electron chi connectivity index (χ0n) is 14.6. The highest BCUT2D eigenvalue weighted by Gasteiger charge is 2.15. The van der Waals surface area contributed by atoms with E-state index in [0.717, 1.165) is 16.6 Å². The number of aromatic amines is 1. The summed E-state index contributed by atoms with van der Waals surface area (Å²) in [5.74, 6) is 1.34. The third-order valence-corrected chi connectivity index (χ3v) is 5.45. The second-order valence-electron chi connectivity index (χ2n) is 6.20. The Kier molecular flexibility index (Phi) is 4.80. The molecule has 0 fully saturated rings. The minimum atomic E-state index is -3.83. The molecule has 4 aromatic rings. The summed E-state index contributed by atoms with van der Waals surface area (Å²) in [4.78, 5) is 7.79. The summed E-state index contributed by atoms with van der Waals surface area (Å²) in [6.45, 7) is 0.263. The van der Waals surface area contributed by atoms with E-state index in [9.17, 15) is 8.42 Å². The van der Waals surface area contributed by atoms with Crippen molar-refractivity contribution >= 4 is 32.7 Å². The van der Waals surface area contributed by atoms with Gasteiger partial charge in [-0.15, -0.1) is 0 Å². The normalized spacial score (nSPS) is 11.6. The maximum Gasteiger partial charge on any atom is 0.238 e. The van der Waals surface area contributed by atoms with Gasteiger partial charge < -0.3 is 9.72 Å². The number of nitrogens with two attached hydrogens (primary N) is 1. The molecule has 0 aliphatic heterocycles. The zero-order chi connectivity index (χ0) is 19.7. The van der Waals surface area contributed by atoms with Gasteiger partial charge in [-0.1, -0.05) is 35.9 Å². The second-order valence-corrected chi connectivity index (χ2v) is 8.17. The molecule has 0 radical (unpaired) electrons. The summed E-state index contributed by atoms with van der Waals surface area (Å²) in [6.07, 6.45) is 0. The Balaban J connectivity index is 1.63.